The first-order valence-electron chi connectivity index (χ1n) is 41.1. The molecule has 0 N–H and O–H groups in total. The second-order valence-corrected chi connectivity index (χ2v) is 29.7. The summed E-state index contributed by atoms with van der Waals surface area (Å²) >= 11 is 0. The van der Waals surface area contributed by atoms with Crippen LogP contribution >= 0.6 is 0 Å². The Labute approximate surface area is 571 Å². The van der Waals surface area contributed by atoms with Crippen molar-refractivity contribution in [3.8, 4) is 0 Å². The van der Waals surface area contributed by atoms with Crippen molar-refractivity contribution in [2.75, 3.05) is 27.7 Å². The number of pyridine rings is 1. The van der Waals surface area contributed by atoms with E-state index in [9.17, 15) is 0 Å². The predicted molar refractivity (Wildman–Crippen MR) is 394 cm³/mol. The molecule has 528 valence electrons. The number of nitrogens with zero attached hydrogens (tertiary/aromatic N) is 2. The number of rotatable bonds is 69. The van der Waals surface area contributed by atoms with E-state index in [4.69, 9.17) is 0 Å². The van der Waals surface area contributed by atoms with Crippen LogP contribution in [0.5, 0.6) is 0 Å². The average Bonchev–Trinajstić information content (AvgIpc) is 1.98. The largest absolute Gasteiger partial charge is 1.00 e. The molecule has 0 aromatic carbocycles. The standard InChI is InChI=1S/C65H126N.C19H42N.2ClH/c1-7-13-19-25-31-37-43-49-55-61-62(56-50-44-38-32-26-20-14-8-2)64(58-52-46-40-34-28-22-16-10-4)66(60-54-48-42-36-30-24-18-12-6)65(59-53-47-41-35-29-23-17-11-5)63(61)57-51-45-39-33-27-21-15-9-3;1-5-6-7-8-9-10-11-12-13-14-15-16-17-18-19-20(2,3)4;;/h7-60H2,1-6H3;5-19H2,1-4H3;2*1H/q2*+1;;/p-2. The Kier molecular flexibility index (Phi) is 77.4. The summed E-state index contributed by atoms with van der Waals surface area (Å²) in [5.41, 5.74) is 9.44. The van der Waals surface area contributed by atoms with Crippen molar-refractivity contribution >= 4 is 0 Å². The van der Waals surface area contributed by atoms with Crippen LogP contribution in [0.25, 0.3) is 0 Å². The quantitative estimate of drug-likeness (QED) is 0.0348. The van der Waals surface area contributed by atoms with Gasteiger partial charge in [0.25, 0.3) is 0 Å². The van der Waals surface area contributed by atoms with E-state index in [1.54, 1.807) is 0 Å². The Balaban J connectivity index is -0.00000279. The van der Waals surface area contributed by atoms with Crippen LogP contribution in [0, 0.1) is 0 Å². The van der Waals surface area contributed by atoms with Gasteiger partial charge in [-0.1, -0.05) is 389 Å². The third-order valence-electron chi connectivity index (χ3n) is 19.9. The molecule has 0 aliphatic heterocycles. The molecule has 1 heterocycles. The fraction of sp³-hybridized carbons (Fsp3) is 0.940. The van der Waals surface area contributed by atoms with Gasteiger partial charge in [-0.05, 0) is 76.2 Å². The van der Waals surface area contributed by atoms with Gasteiger partial charge >= 0.3 is 0 Å². The summed E-state index contributed by atoms with van der Waals surface area (Å²) in [6.07, 6.45) is 95.7. The molecule has 0 bridgehead atoms. The van der Waals surface area contributed by atoms with Gasteiger partial charge < -0.3 is 29.3 Å². The lowest BCUT2D eigenvalue weighted by Crippen LogP contribution is -3.00. The normalized spacial score (nSPS) is 11.5. The third kappa shape index (κ3) is 60.6. The maximum absolute atomic E-state index is 3.12. The Morgan fingerprint density at radius 2 is 0.364 bits per heavy atom. The van der Waals surface area contributed by atoms with Gasteiger partial charge in [-0.25, -0.2) is 0 Å². The van der Waals surface area contributed by atoms with Crippen LogP contribution < -0.4 is 29.4 Å². The number of hydrogen-bond donors (Lipinski definition) is 0. The van der Waals surface area contributed by atoms with Crippen molar-refractivity contribution in [1.29, 1.82) is 0 Å². The van der Waals surface area contributed by atoms with Crippen LogP contribution in [-0.4, -0.2) is 32.2 Å². The molecular formula is C84H168Cl2N2. The van der Waals surface area contributed by atoms with E-state index in [1.165, 1.54) is 443 Å². The predicted octanol–water partition coefficient (Wildman–Crippen LogP) is 22.7. The molecule has 0 aliphatic carbocycles. The topological polar surface area (TPSA) is 3.88 Å². The first-order valence-corrected chi connectivity index (χ1v) is 41.1. The molecule has 0 amide bonds. The molecule has 88 heavy (non-hydrogen) atoms. The zero-order valence-corrected chi connectivity index (χ0v) is 64.5. The number of unbranched alkanes of at least 4 members (excludes halogenated alkanes) is 55. The van der Waals surface area contributed by atoms with Crippen LogP contribution in [-0.2, 0) is 38.6 Å². The molecule has 0 aliphatic rings. The van der Waals surface area contributed by atoms with Crippen molar-refractivity contribution in [3.63, 3.8) is 0 Å². The van der Waals surface area contributed by atoms with Crippen molar-refractivity contribution in [2.45, 2.75) is 485 Å². The minimum atomic E-state index is 0. The average molecular weight is 1280 g/mol. The van der Waals surface area contributed by atoms with Crippen LogP contribution in [0.15, 0.2) is 0 Å². The monoisotopic (exact) mass is 1280 g/mol. The van der Waals surface area contributed by atoms with Crippen LogP contribution in [0.1, 0.15) is 475 Å². The zero-order valence-electron chi connectivity index (χ0n) is 62.9. The summed E-state index contributed by atoms with van der Waals surface area (Å²) in [5, 5.41) is 0. The minimum Gasteiger partial charge on any atom is -1.00 e. The van der Waals surface area contributed by atoms with Crippen molar-refractivity contribution in [3.05, 3.63) is 28.1 Å². The Hall–Kier alpha value is -0.310. The fourth-order valence-electron chi connectivity index (χ4n) is 14.1. The fourth-order valence-corrected chi connectivity index (χ4v) is 14.1. The van der Waals surface area contributed by atoms with E-state index in [1.807, 2.05) is 28.1 Å². The molecule has 0 saturated carbocycles. The summed E-state index contributed by atoms with van der Waals surface area (Å²) in [7, 11) is 6.88. The van der Waals surface area contributed by atoms with Crippen LogP contribution in [0.4, 0.5) is 0 Å². The van der Waals surface area contributed by atoms with E-state index >= 15 is 0 Å². The highest BCUT2D eigenvalue weighted by molar-refractivity contribution is 5.39. The van der Waals surface area contributed by atoms with E-state index in [2.05, 4.69) is 74.2 Å². The van der Waals surface area contributed by atoms with E-state index < -0.39 is 0 Å². The highest BCUT2D eigenvalue weighted by Crippen LogP contribution is 2.30. The number of halogens is 2. The summed E-state index contributed by atoms with van der Waals surface area (Å²) in [5.74, 6) is 0. The van der Waals surface area contributed by atoms with E-state index in [-0.39, 0.29) is 24.8 Å². The summed E-state index contributed by atoms with van der Waals surface area (Å²) in [6.45, 7) is 19.1. The molecule has 1 aromatic heterocycles. The van der Waals surface area contributed by atoms with Gasteiger partial charge in [0.1, 0.15) is 6.54 Å². The molecule has 1 rings (SSSR count). The molecule has 0 saturated heterocycles. The van der Waals surface area contributed by atoms with Crippen molar-refractivity contribution in [2.24, 2.45) is 0 Å². The Bertz CT molecular complexity index is 1220. The molecule has 0 atom stereocenters. The Morgan fingerprint density at radius 1 is 0.193 bits per heavy atom. The van der Waals surface area contributed by atoms with Crippen LogP contribution in [0.3, 0.4) is 0 Å². The highest BCUT2D eigenvalue weighted by atomic mass is 35.5. The van der Waals surface area contributed by atoms with Gasteiger partial charge in [-0.2, -0.15) is 4.57 Å². The lowest BCUT2D eigenvalue weighted by molar-refractivity contribution is -0.870. The third-order valence-corrected chi connectivity index (χ3v) is 19.9. The number of hydrogen-bond acceptors (Lipinski definition) is 0. The minimum absolute atomic E-state index is 0. The first kappa shape index (κ1) is 91.9. The molecule has 2 nitrogen and oxygen atoms in total. The second kappa shape index (κ2) is 74.1. The molecule has 1 aromatic rings. The lowest BCUT2D eigenvalue weighted by atomic mass is 9.85. The molecule has 0 radical (unpaired) electrons. The van der Waals surface area contributed by atoms with Gasteiger partial charge in [0.05, 0.1) is 27.7 Å². The van der Waals surface area contributed by atoms with E-state index in [0.29, 0.717) is 0 Å². The number of quaternary nitrogens is 1. The molecule has 0 unspecified atom stereocenters. The molecule has 4 heteroatoms. The maximum Gasteiger partial charge on any atom is 0.185 e. The maximum atomic E-state index is 3.12. The summed E-state index contributed by atoms with van der Waals surface area (Å²) in [6, 6.07) is 0. The molecule has 0 spiro atoms. The SMILES string of the molecule is CCCCCCCCCCCCCCCC[N+](C)(C)C.CCCCCCCCCCc1c(CCCCCCCCCC)c(CCCCCCCCCC)[n+](CCCCCCCCCC)c(CCCCCCCCCC)c1CCCCCCCCCC.[Cl-].[Cl-]. The molecule has 0 fully saturated rings. The second-order valence-electron chi connectivity index (χ2n) is 29.7. The van der Waals surface area contributed by atoms with Gasteiger partial charge in [0.2, 0.25) is 0 Å². The smallest absolute Gasteiger partial charge is 0.185 e. The van der Waals surface area contributed by atoms with Crippen LogP contribution in [0.2, 0.25) is 0 Å². The van der Waals surface area contributed by atoms with Gasteiger partial charge in [0.15, 0.2) is 11.4 Å². The summed E-state index contributed by atoms with van der Waals surface area (Å²) < 4.78 is 4.25. The lowest BCUT2D eigenvalue weighted by Gasteiger charge is -2.23. The van der Waals surface area contributed by atoms with Gasteiger partial charge in [-0.15, -0.1) is 0 Å². The number of aromatic nitrogens is 1. The van der Waals surface area contributed by atoms with Crippen molar-refractivity contribution < 1.29 is 33.9 Å². The van der Waals surface area contributed by atoms with Gasteiger partial charge in [-0.3, -0.25) is 0 Å². The van der Waals surface area contributed by atoms with Gasteiger partial charge in [0, 0.05) is 30.4 Å². The van der Waals surface area contributed by atoms with E-state index in [0.717, 1.165) is 4.48 Å². The summed E-state index contributed by atoms with van der Waals surface area (Å²) in [4.78, 5) is 0. The first-order chi connectivity index (χ1) is 42.3. The zero-order chi connectivity index (χ0) is 62.8. The highest BCUT2D eigenvalue weighted by Gasteiger charge is 2.29. The van der Waals surface area contributed by atoms with Crippen molar-refractivity contribution in [1.82, 2.24) is 0 Å². The Morgan fingerprint density at radius 3 is 0.580 bits per heavy atom. The molecular weight excluding hydrogens is 1110 g/mol.